The Morgan fingerprint density at radius 3 is 3.05 bits per heavy atom. The molecule has 1 aromatic carbocycles. The van der Waals surface area contributed by atoms with Gasteiger partial charge in [-0.1, -0.05) is 12.1 Å². The predicted molar refractivity (Wildman–Crippen MR) is 81.1 cm³/mol. The molecule has 1 aromatic heterocycles. The molecular weight excluding hydrogens is 282 g/mol. The molecule has 2 heterocycles. The van der Waals surface area contributed by atoms with Crippen molar-refractivity contribution in [3.63, 3.8) is 0 Å². The minimum atomic E-state index is -0.253. The Morgan fingerprint density at radius 2 is 2.27 bits per heavy atom. The molecule has 1 aliphatic rings. The number of nitrogens with zero attached hydrogens (tertiary/aromatic N) is 1. The van der Waals surface area contributed by atoms with Gasteiger partial charge in [0.05, 0.1) is 24.7 Å². The van der Waals surface area contributed by atoms with Gasteiger partial charge in [0, 0.05) is 11.9 Å². The van der Waals surface area contributed by atoms with Crippen LogP contribution in [0.2, 0.25) is 0 Å². The van der Waals surface area contributed by atoms with Gasteiger partial charge in [-0.3, -0.25) is 9.89 Å². The second-order valence-electron chi connectivity index (χ2n) is 5.27. The first-order valence-corrected chi connectivity index (χ1v) is 7.07. The molecule has 0 bridgehead atoms. The molecule has 114 valence electrons. The highest BCUT2D eigenvalue weighted by molar-refractivity contribution is 5.99. The van der Waals surface area contributed by atoms with Crippen molar-refractivity contribution in [3.05, 3.63) is 47.3 Å². The Labute approximate surface area is 127 Å². The van der Waals surface area contributed by atoms with Crippen LogP contribution in [0, 0.1) is 0 Å². The van der Waals surface area contributed by atoms with Crippen LogP contribution in [-0.4, -0.2) is 22.1 Å². The van der Waals surface area contributed by atoms with Crippen LogP contribution in [0.3, 0.4) is 0 Å². The molecule has 0 saturated heterocycles. The number of hydrogen-bond acceptors (Lipinski definition) is 3. The number of H-pyrrole nitrogens is 1. The Balaban J connectivity index is 1.57. The van der Waals surface area contributed by atoms with Crippen molar-refractivity contribution in [2.24, 2.45) is 0 Å². The highest BCUT2D eigenvalue weighted by atomic mass is 16.2. The number of rotatable bonds is 4. The van der Waals surface area contributed by atoms with E-state index in [0.717, 1.165) is 22.5 Å². The largest absolute Gasteiger partial charge is 0.333 e. The fourth-order valence-corrected chi connectivity index (χ4v) is 2.41. The first kappa shape index (κ1) is 14.1. The van der Waals surface area contributed by atoms with Crippen molar-refractivity contribution in [2.75, 3.05) is 5.32 Å². The quantitative estimate of drug-likeness (QED) is 0.688. The number of benzene rings is 1. The van der Waals surface area contributed by atoms with E-state index < -0.39 is 0 Å². The van der Waals surface area contributed by atoms with Gasteiger partial charge in [0.25, 0.3) is 0 Å². The number of carbonyl (C=O) groups is 2. The van der Waals surface area contributed by atoms with Crippen LogP contribution < -0.4 is 16.0 Å². The summed E-state index contributed by atoms with van der Waals surface area (Å²) in [5, 5.41) is 15.0. The van der Waals surface area contributed by atoms with Crippen molar-refractivity contribution >= 4 is 17.6 Å². The Kier molecular flexibility index (Phi) is 3.78. The van der Waals surface area contributed by atoms with Gasteiger partial charge >= 0.3 is 6.03 Å². The van der Waals surface area contributed by atoms with Gasteiger partial charge in [-0.25, -0.2) is 4.79 Å². The molecule has 7 heteroatoms. The molecule has 3 amide bonds. The second-order valence-corrected chi connectivity index (χ2v) is 5.27. The molecule has 1 unspecified atom stereocenters. The lowest BCUT2D eigenvalue weighted by atomic mass is 10.0. The third kappa shape index (κ3) is 3.08. The van der Waals surface area contributed by atoms with Crippen LogP contribution in [-0.2, 0) is 17.8 Å². The zero-order valence-corrected chi connectivity index (χ0v) is 12.1. The molecule has 22 heavy (non-hydrogen) atoms. The molecule has 0 saturated carbocycles. The molecule has 2 aromatic rings. The molecule has 1 aliphatic heterocycles. The number of nitrogens with one attached hydrogen (secondary N) is 4. The zero-order chi connectivity index (χ0) is 15.5. The number of hydrogen-bond donors (Lipinski definition) is 4. The second kappa shape index (κ2) is 5.88. The zero-order valence-electron chi connectivity index (χ0n) is 12.1. The van der Waals surface area contributed by atoms with Crippen molar-refractivity contribution in [1.29, 1.82) is 0 Å². The number of aromatic amines is 1. The molecule has 1 atom stereocenters. The summed E-state index contributed by atoms with van der Waals surface area (Å²) in [7, 11) is 0. The molecule has 0 fully saturated rings. The fraction of sp³-hybridized carbons (Fsp3) is 0.267. The first-order valence-electron chi connectivity index (χ1n) is 7.07. The third-order valence-electron chi connectivity index (χ3n) is 3.60. The number of anilines is 1. The monoisotopic (exact) mass is 299 g/mol. The van der Waals surface area contributed by atoms with E-state index in [0.29, 0.717) is 13.0 Å². The summed E-state index contributed by atoms with van der Waals surface area (Å²) in [5.41, 5.74) is 3.62. The van der Waals surface area contributed by atoms with E-state index >= 15 is 0 Å². The average molecular weight is 299 g/mol. The summed E-state index contributed by atoms with van der Waals surface area (Å²) in [6.45, 7) is 2.29. The number of urea groups is 1. The predicted octanol–water partition coefficient (Wildman–Crippen LogP) is 1.46. The van der Waals surface area contributed by atoms with Crippen LogP contribution in [0.15, 0.2) is 30.5 Å². The van der Waals surface area contributed by atoms with Crippen molar-refractivity contribution in [1.82, 2.24) is 20.8 Å². The normalized spacial score (nSPS) is 14.1. The maximum Gasteiger partial charge on any atom is 0.315 e. The van der Waals surface area contributed by atoms with Gasteiger partial charge in [0.15, 0.2) is 0 Å². The van der Waals surface area contributed by atoms with Gasteiger partial charge in [-0.15, -0.1) is 0 Å². The number of aromatic nitrogens is 2. The van der Waals surface area contributed by atoms with Crippen LogP contribution in [0.4, 0.5) is 10.5 Å². The summed E-state index contributed by atoms with van der Waals surface area (Å²) < 4.78 is 0. The molecule has 0 spiro atoms. The summed E-state index contributed by atoms with van der Waals surface area (Å²) in [6.07, 6.45) is 2.03. The lowest BCUT2D eigenvalue weighted by Crippen LogP contribution is -2.36. The summed E-state index contributed by atoms with van der Waals surface area (Å²) in [4.78, 5) is 23.2. The Hall–Kier alpha value is -2.83. The van der Waals surface area contributed by atoms with E-state index in [4.69, 9.17) is 0 Å². The summed E-state index contributed by atoms with van der Waals surface area (Å²) in [5.74, 6) is 0.00469. The Bertz CT molecular complexity index is 696. The van der Waals surface area contributed by atoms with Gasteiger partial charge < -0.3 is 16.0 Å². The summed E-state index contributed by atoms with van der Waals surface area (Å²) >= 11 is 0. The van der Waals surface area contributed by atoms with E-state index in [1.54, 1.807) is 12.3 Å². The first-order chi connectivity index (χ1) is 10.6. The minimum absolute atomic E-state index is 0.00469. The van der Waals surface area contributed by atoms with Crippen LogP contribution in [0.5, 0.6) is 0 Å². The van der Waals surface area contributed by atoms with E-state index in [9.17, 15) is 9.59 Å². The number of fused-ring (bicyclic) bond motifs is 1. The van der Waals surface area contributed by atoms with E-state index in [-0.39, 0.29) is 18.0 Å². The van der Waals surface area contributed by atoms with Crippen molar-refractivity contribution in [2.45, 2.75) is 25.9 Å². The van der Waals surface area contributed by atoms with Gasteiger partial charge in [-0.2, -0.15) is 5.10 Å². The highest BCUT2D eigenvalue weighted by Gasteiger charge is 2.19. The lowest BCUT2D eigenvalue weighted by molar-refractivity contribution is -0.115. The van der Waals surface area contributed by atoms with E-state index in [2.05, 4.69) is 26.1 Å². The molecule has 3 rings (SSSR count). The van der Waals surface area contributed by atoms with E-state index in [1.165, 1.54) is 0 Å². The number of carbonyl (C=O) groups excluding carboxylic acids is 2. The van der Waals surface area contributed by atoms with E-state index in [1.807, 2.05) is 25.1 Å². The molecule has 4 N–H and O–H groups in total. The molecule has 0 radical (unpaired) electrons. The standard InChI is InChI=1S/C15H17N5O2/c1-9(18-15(22)16-8-12-4-5-17-20-12)10-2-3-13-11(6-10)7-14(21)19-13/h2-6,9H,7-8H2,1H3,(H,17,20)(H,19,21)(H2,16,18,22). The SMILES string of the molecule is CC(NC(=O)NCc1ccn[nH]1)c1ccc2c(c1)CC(=O)N2. The molecule has 0 aliphatic carbocycles. The van der Waals surface area contributed by atoms with Gasteiger partial charge in [0.1, 0.15) is 0 Å². The van der Waals surface area contributed by atoms with Crippen LogP contribution >= 0.6 is 0 Å². The lowest BCUT2D eigenvalue weighted by Gasteiger charge is -2.15. The van der Waals surface area contributed by atoms with Crippen molar-refractivity contribution in [3.8, 4) is 0 Å². The summed E-state index contributed by atoms with van der Waals surface area (Å²) in [6, 6.07) is 7.13. The van der Waals surface area contributed by atoms with Crippen LogP contribution in [0.1, 0.15) is 29.8 Å². The van der Waals surface area contributed by atoms with Gasteiger partial charge in [0.2, 0.25) is 5.91 Å². The minimum Gasteiger partial charge on any atom is -0.333 e. The van der Waals surface area contributed by atoms with Crippen LogP contribution in [0.25, 0.3) is 0 Å². The maximum atomic E-state index is 11.9. The smallest absolute Gasteiger partial charge is 0.315 e. The molecular formula is C15H17N5O2. The van der Waals surface area contributed by atoms with Crippen molar-refractivity contribution < 1.29 is 9.59 Å². The van der Waals surface area contributed by atoms with Gasteiger partial charge in [-0.05, 0) is 30.2 Å². The number of amides is 3. The fourth-order valence-electron chi connectivity index (χ4n) is 2.41. The maximum absolute atomic E-state index is 11.9. The molecule has 7 nitrogen and oxygen atoms in total. The third-order valence-corrected chi connectivity index (χ3v) is 3.60. The highest BCUT2D eigenvalue weighted by Crippen LogP contribution is 2.26. The topological polar surface area (TPSA) is 98.9 Å². The average Bonchev–Trinajstić information content (AvgIpc) is 3.12. The Morgan fingerprint density at radius 1 is 1.41 bits per heavy atom.